The van der Waals surface area contributed by atoms with Gasteiger partial charge in [0.2, 0.25) is 5.91 Å². The fourth-order valence-corrected chi connectivity index (χ4v) is 2.79. The second-order valence-electron chi connectivity index (χ2n) is 6.15. The lowest BCUT2D eigenvalue weighted by atomic mass is 9.94. The van der Waals surface area contributed by atoms with Gasteiger partial charge in [-0.15, -0.1) is 12.4 Å². The number of hydrogen-bond acceptors (Lipinski definition) is 4. The molecule has 0 aliphatic carbocycles. The summed E-state index contributed by atoms with van der Waals surface area (Å²) in [5.41, 5.74) is 0.663. The molecule has 6 heteroatoms. The molecule has 1 aromatic rings. The molecule has 0 aromatic heterocycles. The highest BCUT2D eigenvalue weighted by Gasteiger charge is 2.22. The Labute approximate surface area is 149 Å². The summed E-state index contributed by atoms with van der Waals surface area (Å²) in [6.45, 7) is 4.01. The summed E-state index contributed by atoms with van der Waals surface area (Å²) in [5.74, 6) is 1.33. The van der Waals surface area contributed by atoms with Crippen molar-refractivity contribution >= 4 is 24.1 Å². The van der Waals surface area contributed by atoms with Gasteiger partial charge in [-0.3, -0.25) is 9.59 Å². The van der Waals surface area contributed by atoms with Gasteiger partial charge in [0.25, 0.3) is 0 Å². The molecule has 5 nitrogen and oxygen atoms in total. The van der Waals surface area contributed by atoms with Crippen molar-refractivity contribution in [3.63, 3.8) is 0 Å². The van der Waals surface area contributed by atoms with Crippen LogP contribution in [-0.4, -0.2) is 37.9 Å². The molecule has 1 heterocycles. The first-order valence-electron chi connectivity index (χ1n) is 8.27. The maximum Gasteiger partial charge on any atom is 0.220 e. The molecule has 1 amide bonds. The maximum absolute atomic E-state index is 12.1. The van der Waals surface area contributed by atoms with Gasteiger partial charge in [0, 0.05) is 31.0 Å². The fourth-order valence-electron chi connectivity index (χ4n) is 2.79. The third-order valence-electron chi connectivity index (χ3n) is 4.39. The first-order chi connectivity index (χ1) is 11.1. The van der Waals surface area contributed by atoms with Crippen LogP contribution < -0.4 is 15.4 Å². The number of benzene rings is 1. The second kappa shape index (κ2) is 10.3. The molecular weight excluding hydrogens is 328 g/mol. The van der Waals surface area contributed by atoms with Gasteiger partial charge in [-0.1, -0.05) is 6.92 Å². The predicted octanol–water partition coefficient (Wildman–Crippen LogP) is 2.58. The lowest BCUT2D eigenvalue weighted by Gasteiger charge is -2.30. The summed E-state index contributed by atoms with van der Waals surface area (Å²) in [7, 11) is 1.60. The number of nitrogens with one attached hydrogen (secondary N) is 2. The van der Waals surface area contributed by atoms with Gasteiger partial charge >= 0.3 is 0 Å². The highest BCUT2D eigenvalue weighted by Crippen LogP contribution is 2.14. The van der Waals surface area contributed by atoms with Crippen molar-refractivity contribution < 1.29 is 14.3 Å². The van der Waals surface area contributed by atoms with Gasteiger partial charge in [-0.25, -0.2) is 0 Å². The van der Waals surface area contributed by atoms with Crippen LogP contribution in [0.2, 0.25) is 0 Å². The lowest BCUT2D eigenvalue weighted by Crippen LogP contribution is -2.50. The zero-order chi connectivity index (χ0) is 16.7. The number of ketones is 1. The van der Waals surface area contributed by atoms with E-state index >= 15 is 0 Å². The summed E-state index contributed by atoms with van der Waals surface area (Å²) < 4.78 is 5.07. The maximum atomic E-state index is 12.1. The lowest BCUT2D eigenvalue weighted by molar-refractivity contribution is -0.122. The van der Waals surface area contributed by atoms with Crippen LogP contribution in [0.1, 0.15) is 43.0 Å². The summed E-state index contributed by atoms with van der Waals surface area (Å²) in [6.07, 6.45) is 2.44. The molecule has 24 heavy (non-hydrogen) atoms. The number of carbonyl (C=O) groups is 2. The molecule has 1 aliphatic heterocycles. The Balaban J connectivity index is 0.00000288. The average Bonchev–Trinajstić information content (AvgIpc) is 2.57. The van der Waals surface area contributed by atoms with E-state index in [2.05, 4.69) is 17.6 Å². The Bertz CT molecular complexity index is 534. The first-order valence-corrected chi connectivity index (χ1v) is 8.27. The molecule has 0 radical (unpaired) electrons. The summed E-state index contributed by atoms with van der Waals surface area (Å²) in [4.78, 5) is 24.1. The third kappa shape index (κ3) is 6.13. The van der Waals surface area contributed by atoms with E-state index < -0.39 is 0 Å². The van der Waals surface area contributed by atoms with Gasteiger partial charge in [0.15, 0.2) is 5.78 Å². The van der Waals surface area contributed by atoms with E-state index in [0.717, 1.165) is 25.3 Å². The van der Waals surface area contributed by atoms with Crippen molar-refractivity contribution in [3.05, 3.63) is 29.8 Å². The number of carbonyl (C=O) groups excluding carboxylic acids is 2. The molecular formula is C18H27ClN2O3. The minimum Gasteiger partial charge on any atom is -0.497 e. The Hall–Kier alpha value is -1.59. The third-order valence-corrected chi connectivity index (χ3v) is 4.39. The monoisotopic (exact) mass is 354 g/mol. The normalized spacial score (nSPS) is 19.9. The molecule has 1 aromatic carbocycles. The smallest absolute Gasteiger partial charge is 0.220 e. The minimum absolute atomic E-state index is 0. The second-order valence-corrected chi connectivity index (χ2v) is 6.15. The van der Waals surface area contributed by atoms with E-state index in [9.17, 15) is 9.59 Å². The Morgan fingerprint density at radius 2 is 1.96 bits per heavy atom. The Morgan fingerprint density at radius 1 is 1.25 bits per heavy atom. The van der Waals surface area contributed by atoms with Crippen LogP contribution in [0, 0.1) is 5.92 Å². The van der Waals surface area contributed by atoms with Gasteiger partial charge in [-0.2, -0.15) is 0 Å². The summed E-state index contributed by atoms with van der Waals surface area (Å²) >= 11 is 0. The highest BCUT2D eigenvalue weighted by atomic mass is 35.5. The van der Waals surface area contributed by atoms with Crippen LogP contribution in [0.4, 0.5) is 0 Å². The zero-order valence-corrected chi connectivity index (χ0v) is 15.2. The molecule has 2 rings (SSSR count). The molecule has 2 atom stereocenters. The van der Waals surface area contributed by atoms with E-state index in [1.807, 2.05) is 0 Å². The van der Waals surface area contributed by atoms with Crippen molar-refractivity contribution in [3.8, 4) is 5.75 Å². The summed E-state index contributed by atoms with van der Waals surface area (Å²) in [6, 6.07) is 7.27. The van der Waals surface area contributed by atoms with Crippen LogP contribution in [0.3, 0.4) is 0 Å². The SMILES string of the molecule is COc1ccc(C(=O)CCCC(=O)NC2CNCCC2C)cc1.Cl. The van der Waals surface area contributed by atoms with E-state index in [-0.39, 0.29) is 30.1 Å². The number of Topliss-reactive ketones (excluding diaryl/α,β-unsaturated/α-hetero) is 1. The summed E-state index contributed by atoms with van der Waals surface area (Å²) in [5, 5.41) is 6.36. The first kappa shape index (κ1) is 20.5. The van der Waals surface area contributed by atoms with Crippen molar-refractivity contribution in [2.45, 2.75) is 38.6 Å². The molecule has 0 spiro atoms. The number of methoxy groups -OCH3 is 1. The van der Waals surface area contributed by atoms with Crippen LogP contribution in [0.15, 0.2) is 24.3 Å². The van der Waals surface area contributed by atoms with Crippen LogP contribution in [0.25, 0.3) is 0 Å². The number of hydrogen-bond donors (Lipinski definition) is 2. The van der Waals surface area contributed by atoms with Gasteiger partial charge < -0.3 is 15.4 Å². The quantitative estimate of drug-likeness (QED) is 0.738. The molecule has 0 saturated carbocycles. The van der Waals surface area contributed by atoms with Gasteiger partial charge in [0.1, 0.15) is 5.75 Å². The van der Waals surface area contributed by atoms with Crippen molar-refractivity contribution in [1.82, 2.24) is 10.6 Å². The fraction of sp³-hybridized carbons (Fsp3) is 0.556. The average molecular weight is 355 g/mol. The van der Waals surface area contributed by atoms with Crippen molar-refractivity contribution in [2.75, 3.05) is 20.2 Å². The van der Waals surface area contributed by atoms with E-state index in [1.54, 1.807) is 31.4 Å². The predicted molar refractivity (Wildman–Crippen MR) is 97.0 cm³/mol. The topological polar surface area (TPSA) is 67.4 Å². The number of piperidine rings is 1. The van der Waals surface area contributed by atoms with Gasteiger partial charge in [0.05, 0.1) is 7.11 Å². The molecule has 2 N–H and O–H groups in total. The Morgan fingerprint density at radius 3 is 2.58 bits per heavy atom. The number of rotatable bonds is 7. The van der Waals surface area contributed by atoms with E-state index in [0.29, 0.717) is 30.7 Å². The van der Waals surface area contributed by atoms with Crippen LogP contribution in [0.5, 0.6) is 5.75 Å². The molecule has 134 valence electrons. The minimum atomic E-state index is 0. The molecule has 1 aliphatic rings. The standard InChI is InChI=1S/C18H26N2O3.ClH/c1-13-10-11-19-12-16(13)20-18(22)5-3-4-17(21)14-6-8-15(23-2)9-7-14;/h6-9,13,16,19H,3-5,10-12H2,1-2H3,(H,20,22);1H. The zero-order valence-electron chi connectivity index (χ0n) is 14.3. The van der Waals surface area contributed by atoms with E-state index in [4.69, 9.17) is 4.74 Å². The van der Waals surface area contributed by atoms with Crippen molar-refractivity contribution in [1.29, 1.82) is 0 Å². The Kier molecular flexibility index (Phi) is 8.79. The highest BCUT2D eigenvalue weighted by molar-refractivity contribution is 5.96. The number of amides is 1. The molecule has 1 fully saturated rings. The van der Waals surface area contributed by atoms with E-state index in [1.165, 1.54) is 0 Å². The largest absolute Gasteiger partial charge is 0.497 e. The van der Waals surface area contributed by atoms with Gasteiger partial charge in [-0.05, 0) is 49.6 Å². The van der Waals surface area contributed by atoms with Crippen LogP contribution >= 0.6 is 12.4 Å². The molecule has 1 saturated heterocycles. The van der Waals surface area contributed by atoms with Crippen LogP contribution in [-0.2, 0) is 4.79 Å². The van der Waals surface area contributed by atoms with Crippen molar-refractivity contribution in [2.24, 2.45) is 5.92 Å². The molecule has 2 unspecified atom stereocenters. The number of halogens is 1. The molecule has 0 bridgehead atoms. The number of ether oxygens (including phenoxy) is 1.